The molecule has 0 atom stereocenters. The molecule has 4 rings (SSSR count). The minimum atomic E-state index is -0.0495. The molecule has 0 bridgehead atoms. The summed E-state index contributed by atoms with van der Waals surface area (Å²) in [5.41, 5.74) is 3.65. The molecule has 0 saturated carbocycles. The lowest BCUT2D eigenvalue weighted by Gasteiger charge is -2.18. The molecular weight excluding hydrogens is 290 g/mol. The van der Waals surface area contributed by atoms with E-state index in [1.54, 1.807) is 18.1 Å². The molecule has 2 aromatic heterocycles. The predicted octanol–water partition coefficient (Wildman–Crippen LogP) is 2.38. The molecule has 0 aliphatic carbocycles. The van der Waals surface area contributed by atoms with Crippen LogP contribution in [0.3, 0.4) is 0 Å². The molecule has 0 fully saturated rings. The summed E-state index contributed by atoms with van der Waals surface area (Å²) in [5.74, 6) is 0.596. The van der Waals surface area contributed by atoms with Gasteiger partial charge in [-0.1, -0.05) is 12.1 Å². The topological polar surface area (TPSA) is 56.0 Å². The Morgan fingerprint density at radius 1 is 1.26 bits per heavy atom. The molecule has 6 nitrogen and oxygen atoms in total. The van der Waals surface area contributed by atoms with Gasteiger partial charge >= 0.3 is 0 Å². The standard InChI is InChI=1S/C17H19N5O/c1-20-15-9-4-3-7-13(15)19-17(20)21(2)16(23)12-11-18-22-10-6-5-8-14(12)22/h3-4,7,9,11H,5-6,8,10H2,1-2H3. The lowest BCUT2D eigenvalue weighted by atomic mass is 10.1. The highest BCUT2D eigenvalue weighted by molar-refractivity contribution is 6.06. The summed E-state index contributed by atoms with van der Waals surface area (Å²) in [4.78, 5) is 19.1. The second-order valence-corrected chi connectivity index (χ2v) is 6.01. The maximum Gasteiger partial charge on any atom is 0.263 e. The normalized spacial score (nSPS) is 14.0. The van der Waals surface area contributed by atoms with Crippen LogP contribution in [-0.4, -0.2) is 32.3 Å². The first-order valence-electron chi connectivity index (χ1n) is 7.91. The Hall–Kier alpha value is -2.63. The van der Waals surface area contributed by atoms with E-state index in [1.165, 1.54) is 0 Å². The zero-order valence-electron chi connectivity index (χ0n) is 13.4. The highest BCUT2D eigenvalue weighted by Crippen LogP contribution is 2.24. The number of carbonyl (C=O) groups is 1. The predicted molar refractivity (Wildman–Crippen MR) is 88.6 cm³/mol. The summed E-state index contributed by atoms with van der Waals surface area (Å²) >= 11 is 0. The molecule has 23 heavy (non-hydrogen) atoms. The van der Waals surface area contributed by atoms with Crippen LogP contribution < -0.4 is 4.90 Å². The number of benzene rings is 1. The van der Waals surface area contributed by atoms with Crippen LogP contribution in [0, 0.1) is 0 Å². The fourth-order valence-corrected chi connectivity index (χ4v) is 3.30. The van der Waals surface area contributed by atoms with Crippen LogP contribution in [0.1, 0.15) is 28.9 Å². The van der Waals surface area contributed by atoms with E-state index in [4.69, 9.17) is 0 Å². The summed E-state index contributed by atoms with van der Waals surface area (Å²) in [6, 6.07) is 7.89. The van der Waals surface area contributed by atoms with Gasteiger partial charge in [-0.3, -0.25) is 14.4 Å². The van der Waals surface area contributed by atoms with Gasteiger partial charge in [0.05, 0.1) is 28.5 Å². The molecule has 1 aliphatic rings. The Kier molecular flexibility index (Phi) is 3.18. The Bertz CT molecular complexity index is 892. The van der Waals surface area contributed by atoms with Crippen molar-refractivity contribution in [1.82, 2.24) is 19.3 Å². The maximum atomic E-state index is 12.9. The number of aryl methyl sites for hydroxylation is 2. The summed E-state index contributed by atoms with van der Waals surface area (Å²) in [7, 11) is 3.71. The zero-order chi connectivity index (χ0) is 16.0. The Morgan fingerprint density at radius 2 is 2.09 bits per heavy atom. The van der Waals surface area contributed by atoms with Gasteiger partial charge in [0.25, 0.3) is 5.91 Å². The van der Waals surface area contributed by atoms with Gasteiger partial charge < -0.3 is 4.57 Å². The Balaban J connectivity index is 1.73. The second-order valence-electron chi connectivity index (χ2n) is 6.01. The number of hydrogen-bond acceptors (Lipinski definition) is 3. The summed E-state index contributed by atoms with van der Waals surface area (Å²) < 4.78 is 3.91. The van der Waals surface area contributed by atoms with E-state index in [-0.39, 0.29) is 5.91 Å². The first kappa shape index (κ1) is 14.0. The smallest absolute Gasteiger partial charge is 0.263 e. The minimum absolute atomic E-state index is 0.0495. The van der Waals surface area contributed by atoms with Gasteiger partial charge in [-0.2, -0.15) is 5.10 Å². The zero-order valence-corrected chi connectivity index (χ0v) is 13.4. The monoisotopic (exact) mass is 309 g/mol. The van der Waals surface area contributed by atoms with Crippen molar-refractivity contribution in [3.63, 3.8) is 0 Å². The van der Waals surface area contributed by atoms with Crippen LogP contribution in [0.2, 0.25) is 0 Å². The van der Waals surface area contributed by atoms with Crippen LogP contribution in [0.15, 0.2) is 30.5 Å². The molecule has 3 aromatic rings. The fraction of sp³-hybridized carbons (Fsp3) is 0.353. The summed E-state index contributed by atoms with van der Waals surface area (Å²) in [5, 5.41) is 4.36. The Morgan fingerprint density at radius 3 is 2.91 bits per heavy atom. The average molecular weight is 309 g/mol. The quantitative estimate of drug-likeness (QED) is 0.730. The second kappa shape index (κ2) is 5.22. The van der Waals surface area contributed by atoms with E-state index in [1.807, 2.05) is 40.6 Å². The number of rotatable bonds is 2. The number of imidazole rings is 1. The summed E-state index contributed by atoms with van der Waals surface area (Å²) in [6.07, 6.45) is 4.85. The number of anilines is 1. The van der Waals surface area contributed by atoms with Gasteiger partial charge in [0.2, 0.25) is 5.95 Å². The number of carbonyl (C=O) groups excluding carboxylic acids is 1. The van der Waals surface area contributed by atoms with Crippen molar-refractivity contribution in [2.75, 3.05) is 11.9 Å². The number of hydrogen-bond donors (Lipinski definition) is 0. The van der Waals surface area contributed by atoms with Crippen molar-refractivity contribution in [2.45, 2.75) is 25.8 Å². The van der Waals surface area contributed by atoms with Gasteiger partial charge in [0, 0.05) is 20.6 Å². The molecule has 3 heterocycles. The highest BCUT2D eigenvalue weighted by Gasteiger charge is 2.25. The number of fused-ring (bicyclic) bond motifs is 2. The van der Waals surface area contributed by atoms with Crippen molar-refractivity contribution < 1.29 is 4.79 Å². The van der Waals surface area contributed by atoms with Gasteiger partial charge in [0.15, 0.2) is 0 Å². The van der Waals surface area contributed by atoms with Gasteiger partial charge in [0.1, 0.15) is 0 Å². The van der Waals surface area contributed by atoms with Crippen LogP contribution in [0.4, 0.5) is 5.95 Å². The van der Waals surface area contributed by atoms with E-state index in [2.05, 4.69) is 10.1 Å². The van der Waals surface area contributed by atoms with Crippen molar-refractivity contribution in [3.8, 4) is 0 Å². The van der Waals surface area contributed by atoms with E-state index in [9.17, 15) is 4.79 Å². The van der Waals surface area contributed by atoms with E-state index in [0.29, 0.717) is 11.5 Å². The number of nitrogens with zero attached hydrogens (tertiary/aromatic N) is 5. The molecule has 0 saturated heterocycles. The first-order chi connectivity index (χ1) is 11.2. The fourth-order valence-electron chi connectivity index (χ4n) is 3.30. The molecule has 1 aromatic carbocycles. The third kappa shape index (κ3) is 2.13. The van der Waals surface area contributed by atoms with Crippen LogP contribution in [-0.2, 0) is 20.0 Å². The minimum Gasteiger partial charge on any atom is -0.313 e. The summed E-state index contributed by atoms with van der Waals surface area (Å²) in [6.45, 7) is 0.901. The number of para-hydroxylation sites is 2. The van der Waals surface area contributed by atoms with Crippen LogP contribution in [0.5, 0.6) is 0 Å². The van der Waals surface area contributed by atoms with E-state index < -0.39 is 0 Å². The van der Waals surface area contributed by atoms with Crippen molar-refractivity contribution in [1.29, 1.82) is 0 Å². The van der Waals surface area contributed by atoms with Gasteiger partial charge in [-0.05, 0) is 31.4 Å². The number of aromatic nitrogens is 4. The Labute approximate surface area is 134 Å². The molecule has 0 radical (unpaired) electrons. The lowest BCUT2D eigenvalue weighted by Crippen LogP contribution is -2.29. The SMILES string of the molecule is CN(C(=O)c1cnn2c1CCCC2)c1nc2ccccc2n1C. The molecule has 0 spiro atoms. The molecule has 0 unspecified atom stereocenters. The average Bonchev–Trinajstić information content (AvgIpc) is 3.16. The molecule has 1 amide bonds. The molecule has 1 aliphatic heterocycles. The number of amides is 1. The van der Waals surface area contributed by atoms with Crippen molar-refractivity contribution in [2.24, 2.45) is 7.05 Å². The van der Waals surface area contributed by atoms with Gasteiger partial charge in [-0.15, -0.1) is 0 Å². The van der Waals surface area contributed by atoms with Crippen LogP contribution >= 0.6 is 0 Å². The molecular formula is C17H19N5O. The van der Waals surface area contributed by atoms with Crippen molar-refractivity contribution in [3.05, 3.63) is 41.7 Å². The van der Waals surface area contributed by atoms with E-state index in [0.717, 1.165) is 42.5 Å². The molecule has 0 N–H and O–H groups in total. The maximum absolute atomic E-state index is 12.9. The van der Waals surface area contributed by atoms with E-state index >= 15 is 0 Å². The third-order valence-corrected chi connectivity index (χ3v) is 4.58. The lowest BCUT2D eigenvalue weighted by molar-refractivity contribution is 0.0989. The largest absolute Gasteiger partial charge is 0.313 e. The molecule has 118 valence electrons. The highest BCUT2D eigenvalue weighted by atomic mass is 16.2. The third-order valence-electron chi connectivity index (χ3n) is 4.58. The van der Waals surface area contributed by atoms with Crippen LogP contribution in [0.25, 0.3) is 11.0 Å². The van der Waals surface area contributed by atoms with Crippen molar-refractivity contribution >= 4 is 22.9 Å². The first-order valence-corrected chi connectivity index (χ1v) is 7.91. The van der Waals surface area contributed by atoms with Gasteiger partial charge in [-0.25, -0.2) is 4.98 Å². The molecule has 6 heteroatoms.